The highest BCUT2D eigenvalue weighted by Crippen LogP contribution is 2.19. The second kappa shape index (κ2) is 10.3. The third-order valence-corrected chi connectivity index (χ3v) is 3.64. The SMILES string of the molecule is CN=C(NCCCc1ccccc1)NCc1ccccc1OC(F)F. The zero-order valence-corrected chi connectivity index (χ0v) is 14.2. The maximum Gasteiger partial charge on any atom is 0.387 e. The smallest absolute Gasteiger partial charge is 0.387 e. The van der Waals surface area contributed by atoms with Crippen molar-refractivity contribution in [2.75, 3.05) is 13.6 Å². The monoisotopic (exact) mass is 347 g/mol. The number of aryl methyl sites for hydroxylation is 1. The predicted octanol–water partition coefficient (Wildman–Crippen LogP) is 3.59. The molecule has 4 nitrogen and oxygen atoms in total. The topological polar surface area (TPSA) is 45.7 Å². The number of para-hydroxylation sites is 1. The Kier molecular flexibility index (Phi) is 7.69. The Morgan fingerprint density at radius 1 is 1.04 bits per heavy atom. The Bertz CT molecular complexity index is 663. The number of alkyl halides is 2. The van der Waals surface area contributed by atoms with Gasteiger partial charge in [-0.2, -0.15) is 8.78 Å². The molecule has 25 heavy (non-hydrogen) atoms. The summed E-state index contributed by atoms with van der Waals surface area (Å²) in [5.74, 6) is 0.796. The number of hydrogen-bond acceptors (Lipinski definition) is 2. The van der Waals surface area contributed by atoms with Crippen LogP contribution in [0.4, 0.5) is 8.78 Å². The molecule has 2 aromatic carbocycles. The average Bonchev–Trinajstić information content (AvgIpc) is 2.62. The van der Waals surface area contributed by atoms with Crippen molar-refractivity contribution >= 4 is 5.96 Å². The first-order valence-corrected chi connectivity index (χ1v) is 8.20. The minimum absolute atomic E-state index is 0.171. The number of guanidine groups is 1. The van der Waals surface area contributed by atoms with E-state index in [0.29, 0.717) is 18.1 Å². The molecule has 134 valence electrons. The number of nitrogens with zero attached hydrogens (tertiary/aromatic N) is 1. The number of nitrogens with one attached hydrogen (secondary N) is 2. The molecule has 2 N–H and O–H groups in total. The standard InChI is InChI=1S/C19H23F2N3O/c1-22-19(23-13-7-10-15-8-3-2-4-9-15)24-14-16-11-5-6-12-17(16)25-18(20)21/h2-6,8-9,11-12,18H,7,10,13-14H2,1H3,(H2,22,23,24). The summed E-state index contributed by atoms with van der Waals surface area (Å²) in [7, 11) is 1.67. The molecule has 0 aliphatic rings. The predicted molar refractivity (Wildman–Crippen MR) is 96.0 cm³/mol. The van der Waals surface area contributed by atoms with E-state index in [0.717, 1.165) is 19.4 Å². The van der Waals surface area contributed by atoms with Crippen molar-refractivity contribution in [3.05, 3.63) is 65.7 Å². The van der Waals surface area contributed by atoms with Crippen LogP contribution in [-0.4, -0.2) is 26.2 Å². The number of halogens is 2. The molecule has 2 aromatic rings. The summed E-state index contributed by atoms with van der Waals surface area (Å²) in [6, 6.07) is 17.0. The molecular formula is C19H23F2N3O. The summed E-state index contributed by atoms with van der Waals surface area (Å²) >= 11 is 0. The lowest BCUT2D eigenvalue weighted by Crippen LogP contribution is -2.37. The Morgan fingerprint density at radius 2 is 1.76 bits per heavy atom. The van der Waals surface area contributed by atoms with Gasteiger partial charge in [0.2, 0.25) is 0 Å². The Hall–Kier alpha value is -2.63. The molecule has 0 atom stereocenters. The first-order valence-electron chi connectivity index (χ1n) is 8.20. The summed E-state index contributed by atoms with van der Waals surface area (Å²) in [5.41, 5.74) is 1.94. The van der Waals surface area contributed by atoms with Gasteiger partial charge >= 0.3 is 6.61 Å². The van der Waals surface area contributed by atoms with E-state index in [4.69, 9.17) is 0 Å². The summed E-state index contributed by atoms with van der Waals surface area (Å²) in [6.45, 7) is -1.72. The van der Waals surface area contributed by atoms with Gasteiger partial charge < -0.3 is 15.4 Å². The van der Waals surface area contributed by atoms with Gasteiger partial charge in [-0.05, 0) is 24.5 Å². The normalized spacial score (nSPS) is 11.4. The van der Waals surface area contributed by atoms with E-state index in [2.05, 4.69) is 32.5 Å². The van der Waals surface area contributed by atoms with Crippen molar-refractivity contribution < 1.29 is 13.5 Å². The van der Waals surface area contributed by atoms with Gasteiger partial charge in [0.25, 0.3) is 0 Å². The fourth-order valence-electron chi connectivity index (χ4n) is 2.40. The number of hydrogen-bond donors (Lipinski definition) is 2. The van der Waals surface area contributed by atoms with E-state index >= 15 is 0 Å². The summed E-state index contributed by atoms with van der Waals surface area (Å²) in [5, 5.41) is 6.33. The lowest BCUT2D eigenvalue weighted by atomic mass is 10.1. The van der Waals surface area contributed by atoms with Crippen LogP contribution in [-0.2, 0) is 13.0 Å². The van der Waals surface area contributed by atoms with Gasteiger partial charge in [0, 0.05) is 25.7 Å². The number of rotatable bonds is 8. The zero-order chi connectivity index (χ0) is 17.9. The molecule has 0 aliphatic heterocycles. The van der Waals surface area contributed by atoms with E-state index in [9.17, 15) is 8.78 Å². The van der Waals surface area contributed by atoms with Crippen molar-refractivity contribution in [2.45, 2.75) is 26.0 Å². The molecule has 0 aromatic heterocycles. The fraction of sp³-hybridized carbons (Fsp3) is 0.316. The largest absolute Gasteiger partial charge is 0.434 e. The van der Waals surface area contributed by atoms with Gasteiger partial charge in [-0.15, -0.1) is 0 Å². The van der Waals surface area contributed by atoms with Crippen LogP contribution >= 0.6 is 0 Å². The summed E-state index contributed by atoms with van der Waals surface area (Å²) in [6.07, 6.45) is 1.95. The molecule has 0 unspecified atom stereocenters. The van der Waals surface area contributed by atoms with Gasteiger partial charge in [-0.1, -0.05) is 48.5 Å². The van der Waals surface area contributed by atoms with Crippen LogP contribution in [0.5, 0.6) is 5.75 Å². The lowest BCUT2D eigenvalue weighted by molar-refractivity contribution is -0.0504. The summed E-state index contributed by atoms with van der Waals surface area (Å²) in [4.78, 5) is 4.14. The summed E-state index contributed by atoms with van der Waals surface area (Å²) < 4.78 is 29.4. The molecule has 0 bridgehead atoms. The molecule has 6 heteroatoms. The highest BCUT2D eigenvalue weighted by Gasteiger charge is 2.09. The van der Waals surface area contributed by atoms with E-state index in [1.54, 1.807) is 25.2 Å². The van der Waals surface area contributed by atoms with Crippen LogP contribution in [0.15, 0.2) is 59.6 Å². The Labute approximate surface area is 146 Å². The van der Waals surface area contributed by atoms with Crippen molar-refractivity contribution in [3.8, 4) is 5.75 Å². The van der Waals surface area contributed by atoms with Crippen LogP contribution in [0.25, 0.3) is 0 Å². The van der Waals surface area contributed by atoms with E-state index in [-0.39, 0.29) is 5.75 Å². The highest BCUT2D eigenvalue weighted by molar-refractivity contribution is 5.79. The second-order valence-electron chi connectivity index (χ2n) is 5.43. The van der Waals surface area contributed by atoms with Crippen LogP contribution in [0, 0.1) is 0 Å². The van der Waals surface area contributed by atoms with Gasteiger partial charge in [0.1, 0.15) is 5.75 Å². The maximum absolute atomic E-state index is 12.4. The van der Waals surface area contributed by atoms with E-state index in [1.165, 1.54) is 11.6 Å². The van der Waals surface area contributed by atoms with Crippen molar-refractivity contribution in [3.63, 3.8) is 0 Å². The van der Waals surface area contributed by atoms with Crippen molar-refractivity contribution in [1.29, 1.82) is 0 Å². The average molecular weight is 347 g/mol. The van der Waals surface area contributed by atoms with E-state index in [1.807, 2.05) is 18.2 Å². The third-order valence-electron chi connectivity index (χ3n) is 3.64. The first kappa shape index (κ1) is 18.7. The molecular weight excluding hydrogens is 324 g/mol. The zero-order valence-electron chi connectivity index (χ0n) is 14.2. The quantitative estimate of drug-likeness (QED) is 0.436. The first-order chi connectivity index (χ1) is 12.2. The molecule has 0 fully saturated rings. The molecule has 0 radical (unpaired) electrons. The van der Waals surface area contributed by atoms with Gasteiger partial charge in [0.05, 0.1) is 0 Å². The second-order valence-corrected chi connectivity index (χ2v) is 5.43. The van der Waals surface area contributed by atoms with Crippen LogP contribution in [0.1, 0.15) is 17.5 Å². The molecule has 0 amide bonds. The Morgan fingerprint density at radius 3 is 2.48 bits per heavy atom. The fourth-order valence-corrected chi connectivity index (χ4v) is 2.40. The van der Waals surface area contributed by atoms with Gasteiger partial charge in [0.15, 0.2) is 5.96 Å². The van der Waals surface area contributed by atoms with Crippen LogP contribution in [0.2, 0.25) is 0 Å². The molecule has 2 rings (SSSR count). The minimum atomic E-state index is -2.84. The van der Waals surface area contributed by atoms with Crippen molar-refractivity contribution in [2.24, 2.45) is 4.99 Å². The molecule has 0 saturated carbocycles. The molecule has 0 spiro atoms. The van der Waals surface area contributed by atoms with E-state index < -0.39 is 6.61 Å². The number of benzene rings is 2. The van der Waals surface area contributed by atoms with Gasteiger partial charge in [-0.3, -0.25) is 4.99 Å². The third kappa shape index (κ3) is 6.79. The lowest BCUT2D eigenvalue weighted by Gasteiger charge is -2.14. The van der Waals surface area contributed by atoms with Gasteiger partial charge in [-0.25, -0.2) is 0 Å². The van der Waals surface area contributed by atoms with Crippen molar-refractivity contribution in [1.82, 2.24) is 10.6 Å². The highest BCUT2D eigenvalue weighted by atomic mass is 19.3. The molecule has 0 aliphatic carbocycles. The Balaban J connectivity index is 1.77. The number of ether oxygens (including phenoxy) is 1. The molecule has 0 saturated heterocycles. The van der Waals surface area contributed by atoms with Crippen LogP contribution in [0.3, 0.4) is 0 Å². The maximum atomic E-state index is 12.4. The van der Waals surface area contributed by atoms with Crippen LogP contribution < -0.4 is 15.4 Å². The number of aliphatic imine (C=N–C) groups is 1. The minimum Gasteiger partial charge on any atom is -0.434 e. The molecule has 0 heterocycles.